The summed E-state index contributed by atoms with van der Waals surface area (Å²) < 4.78 is 33.9. The molecule has 2 N–H and O–H groups in total. The van der Waals surface area contributed by atoms with E-state index in [0.717, 1.165) is 6.42 Å². The molecule has 2 fully saturated rings. The van der Waals surface area contributed by atoms with Gasteiger partial charge in [-0.25, -0.2) is 13.4 Å². The molecule has 1 aliphatic heterocycles. The van der Waals surface area contributed by atoms with Crippen LogP contribution in [-0.4, -0.2) is 64.3 Å². The number of benzene rings is 1. The molecule has 2 aromatic heterocycles. The van der Waals surface area contributed by atoms with Gasteiger partial charge in [0.1, 0.15) is 10.4 Å². The van der Waals surface area contributed by atoms with Crippen molar-refractivity contribution in [2.24, 2.45) is 0 Å². The maximum Gasteiger partial charge on any atom is 0.268 e. The van der Waals surface area contributed by atoms with Crippen LogP contribution in [-0.2, 0) is 19.5 Å². The Labute approximate surface area is 228 Å². The number of terminal acetylenes is 1. The lowest BCUT2D eigenvalue weighted by Crippen LogP contribution is -2.48. The van der Waals surface area contributed by atoms with Crippen LogP contribution in [0, 0.1) is 12.3 Å². The number of hydrogen-bond acceptors (Lipinski definition) is 8. The average Bonchev–Trinajstić information content (AvgIpc) is 3.27. The van der Waals surface area contributed by atoms with Crippen LogP contribution < -0.4 is 10.9 Å². The molecule has 39 heavy (non-hydrogen) atoms. The van der Waals surface area contributed by atoms with Gasteiger partial charge in [0.15, 0.2) is 0 Å². The van der Waals surface area contributed by atoms with Crippen molar-refractivity contribution in [1.29, 1.82) is 0 Å². The number of hydrogen-bond donors (Lipinski definition) is 2. The minimum atomic E-state index is -3.60. The first-order valence-electron chi connectivity index (χ1n) is 13.0. The molecule has 0 spiro atoms. The summed E-state index contributed by atoms with van der Waals surface area (Å²) >= 11 is 0. The van der Waals surface area contributed by atoms with Gasteiger partial charge in [0.2, 0.25) is 16.0 Å². The van der Waals surface area contributed by atoms with Crippen molar-refractivity contribution < 1.29 is 18.3 Å². The van der Waals surface area contributed by atoms with Crippen LogP contribution in [0.4, 0.5) is 11.6 Å². The van der Waals surface area contributed by atoms with Crippen LogP contribution >= 0.6 is 0 Å². The summed E-state index contributed by atoms with van der Waals surface area (Å²) in [4.78, 5) is 22.3. The molecule has 2 atom stereocenters. The normalized spacial score (nSPS) is 22.6. The zero-order valence-electron chi connectivity index (χ0n) is 22.3. The molecule has 1 aliphatic carbocycles. The number of nitrogens with one attached hydrogen (secondary N) is 1. The first-order valence-corrected chi connectivity index (χ1v) is 14.5. The maximum atomic E-state index is 13.3. The van der Waals surface area contributed by atoms with E-state index in [2.05, 4.69) is 21.2 Å². The number of morpholine rings is 1. The Kier molecular flexibility index (Phi) is 7.01. The SMILES string of the molecule is C#Cc1cc2cnc(Nc3ccc(C(C)(C)S(=O)(=O)N4CCOCC4)cc3)nc2n([C@@H]2CCC[C@@]2(C)O)c1=O. The lowest BCUT2D eigenvalue weighted by atomic mass is 9.99. The van der Waals surface area contributed by atoms with Gasteiger partial charge in [-0.3, -0.25) is 9.36 Å². The second-order valence-electron chi connectivity index (χ2n) is 10.8. The van der Waals surface area contributed by atoms with Crippen LogP contribution in [0.3, 0.4) is 0 Å². The molecule has 0 bridgehead atoms. The minimum absolute atomic E-state index is 0.194. The van der Waals surface area contributed by atoms with Crippen molar-refractivity contribution in [3.63, 3.8) is 0 Å². The summed E-state index contributed by atoms with van der Waals surface area (Å²) in [6.07, 6.45) is 9.18. The lowest BCUT2D eigenvalue weighted by Gasteiger charge is -2.34. The van der Waals surface area contributed by atoms with Gasteiger partial charge in [0.05, 0.1) is 30.4 Å². The van der Waals surface area contributed by atoms with Crippen LogP contribution in [0.25, 0.3) is 11.0 Å². The fourth-order valence-electron chi connectivity index (χ4n) is 5.45. The molecule has 5 rings (SSSR count). The van der Waals surface area contributed by atoms with E-state index in [1.54, 1.807) is 57.3 Å². The van der Waals surface area contributed by atoms with Gasteiger partial charge in [-0.05, 0) is 63.8 Å². The van der Waals surface area contributed by atoms with Gasteiger partial charge in [-0.15, -0.1) is 6.42 Å². The van der Waals surface area contributed by atoms with Crippen molar-refractivity contribution >= 4 is 32.7 Å². The van der Waals surface area contributed by atoms with E-state index in [-0.39, 0.29) is 17.1 Å². The summed E-state index contributed by atoms with van der Waals surface area (Å²) in [6, 6.07) is 8.22. The quantitative estimate of drug-likeness (QED) is 0.448. The highest BCUT2D eigenvalue weighted by Crippen LogP contribution is 2.39. The van der Waals surface area contributed by atoms with E-state index in [9.17, 15) is 18.3 Å². The second-order valence-corrected chi connectivity index (χ2v) is 13.3. The molecule has 11 heteroatoms. The van der Waals surface area contributed by atoms with Crippen molar-refractivity contribution in [3.05, 3.63) is 58.0 Å². The molecule has 1 saturated heterocycles. The van der Waals surface area contributed by atoms with E-state index in [4.69, 9.17) is 11.2 Å². The third kappa shape index (κ3) is 4.82. The third-order valence-corrected chi connectivity index (χ3v) is 10.5. The average molecular weight is 552 g/mol. The topological polar surface area (TPSA) is 127 Å². The van der Waals surface area contributed by atoms with Crippen LogP contribution in [0.5, 0.6) is 0 Å². The number of pyridine rings is 1. The second kappa shape index (κ2) is 10.0. The Morgan fingerprint density at radius 3 is 2.54 bits per heavy atom. The maximum absolute atomic E-state index is 13.3. The molecule has 1 aromatic carbocycles. The summed E-state index contributed by atoms with van der Waals surface area (Å²) in [7, 11) is -3.60. The molecule has 3 aromatic rings. The minimum Gasteiger partial charge on any atom is -0.388 e. The van der Waals surface area contributed by atoms with Crippen molar-refractivity contribution in [2.45, 2.75) is 56.4 Å². The van der Waals surface area contributed by atoms with E-state index in [0.29, 0.717) is 61.4 Å². The number of ether oxygens (including phenoxy) is 1. The Morgan fingerprint density at radius 2 is 1.92 bits per heavy atom. The number of sulfonamides is 1. The Bertz CT molecular complexity index is 1600. The molecular formula is C28H33N5O5S. The summed E-state index contributed by atoms with van der Waals surface area (Å²) in [5.41, 5.74) is 0.456. The fraction of sp³-hybridized carbons (Fsp3) is 0.464. The lowest BCUT2D eigenvalue weighted by molar-refractivity contribution is 0.0266. The number of nitrogens with zero attached hydrogens (tertiary/aromatic N) is 4. The zero-order chi connectivity index (χ0) is 28.0. The molecule has 10 nitrogen and oxygen atoms in total. The standard InChI is InChI=1S/C28H33N5O5S/c1-5-19-17-20-18-29-26(31-24(20)33(25(19)34)23-7-6-12-28(23,4)35)30-22-10-8-21(9-11-22)27(2,3)39(36,37)32-13-15-38-16-14-32/h1,8-11,17-18,23,35H,6-7,12-16H2,2-4H3,(H,29,30,31)/t23-,28-/m1/s1. The number of fused-ring (bicyclic) bond motifs is 1. The van der Waals surface area contributed by atoms with E-state index >= 15 is 0 Å². The highest BCUT2D eigenvalue weighted by Gasteiger charge is 2.41. The molecule has 2 aliphatic rings. The van der Waals surface area contributed by atoms with Gasteiger partial charge in [-0.1, -0.05) is 18.1 Å². The van der Waals surface area contributed by atoms with Crippen LogP contribution in [0.15, 0.2) is 41.3 Å². The highest BCUT2D eigenvalue weighted by molar-refractivity contribution is 7.90. The van der Waals surface area contributed by atoms with E-state index in [1.807, 2.05) is 0 Å². The van der Waals surface area contributed by atoms with E-state index in [1.165, 1.54) is 8.87 Å². The Morgan fingerprint density at radius 1 is 1.23 bits per heavy atom. The summed E-state index contributed by atoms with van der Waals surface area (Å²) in [5, 5.41) is 14.7. The predicted octanol–water partition coefficient (Wildman–Crippen LogP) is 2.89. The molecule has 0 amide bonds. The van der Waals surface area contributed by atoms with Gasteiger partial charge in [-0.2, -0.15) is 9.29 Å². The van der Waals surface area contributed by atoms with Gasteiger partial charge >= 0.3 is 0 Å². The predicted molar refractivity (Wildman–Crippen MR) is 149 cm³/mol. The molecule has 206 valence electrons. The largest absolute Gasteiger partial charge is 0.388 e. The van der Waals surface area contributed by atoms with Crippen LogP contribution in [0.1, 0.15) is 57.2 Å². The van der Waals surface area contributed by atoms with Gasteiger partial charge in [0, 0.05) is 30.4 Å². The number of aliphatic hydroxyl groups is 1. The molecule has 3 heterocycles. The smallest absolute Gasteiger partial charge is 0.268 e. The first kappa shape index (κ1) is 27.3. The first-order chi connectivity index (χ1) is 18.5. The van der Waals surface area contributed by atoms with Gasteiger partial charge < -0.3 is 15.2 Å². The van der Waals surface area contributed by atoms with Crippen molar-refractivity contribution in [2.75, 3.05) is 31.6 Å². The molecule has 0 radical (unpaired) electrons. The highest BCUT2D eigenvalue weighted by atomic mass is 32.2. The zero-order valence-corrected chi connectivity index (χ0v) is 23.2. The molecular weight excluding hydrogens is 518 g/mol. The summed E-state index contributed by atoms with van der Waals surface area (Å²) in [6.45, 7) is 6.60. The molecule has 1 saturated carbocycles. The van der Waals surface area contributed by atoms with Crippen molar-refractivity contribution in [3.8, 4) is 12.3 Å². The molecule has 0 unspecified atom stereocenters. The van der Waals surface area contributed by atoms with Crippen LogP contribution in [0.2, 0.25) is 0 Å². The Balaban J connectivity index is 1.46. The monoisotopic (exact) mass is 551 g/mol. The van der Waals surface area contributed by atoms with Crippen molar-refractivity contribution in [1.82, 2.24) is 18.8 Å². The number of rotatable bonds is 6. The number of anilines is 2. The third-order valence-electron chi connectivity index (χ3n) is 7.91. The number of aromatic nitrogens is 3. The van der Waals surface area contributed by atoms with E-state index < -0.39 is 26.4 Å². The fourth-order valence-corrected chi connectivity index (χ4v) is 7.16. The summed E-state index contributed by atoms with van der Waals surface area (Å²) in [5.74, 6) is 2.70. The Hall–Kier alpha value is -3.30. The van der Waals surface area contributed by atoms with Gasteiger partial charge in [0.25, 0.3) is 5.56 Å².